The van der Waals surface area contributed by atoms with Crippen LogP contribution >= 0.6 is 0 Å². The Labute approximate surface area is 109 Å². The summed E-state index contributed by atoms with van der Waals surface area (Å²) in [6.45, 7) is 4.79. The highest BCUT2D eigenvalue weighted by Gasteiger charge is 2.16. The molecule has 1 unspecified atom stereocenters. The fraction of sp³-hybridized carbons (Fsp3) is 0.533. The number of nitrogens with zero attached hydrogens (tertiary/aromatic N) is 2. The molecule has 1 heterocycles. The number of aryl methyl sites for hydroxylation is 1. The lowest BCUT2D eigenvalue weighted by Crippen LogP contribution is -2.30. The molecule has 2 rings (SSSR count). The Morgan fingerprint density at radius 3 is 2.94 bits per heavy atom. The van der Waals surface area contributed by atoms with Gasteiger partial charge in [-0.05, 0) is 49.4 Å². The summed E-state index contributed by atoms with van der Waals surface area (Å²) in [6, 6.07) is 8.21. The fourth-order valence-electron chi connectivity index (χ4n) is 2.45. The predicted molar refractivity (Wildman–Crippen MR) is 72.7 cm³/mol. The molecule has 0 aliphatic carbocycles. The molecule has 1 saturated heterocycles. The zero-order valence-electron chi connectivity index (χ0n) is 11.1. The Morgan fingerprint density at radius 2 is 2.33 bits per heavy atom. The summed E-state index contributed by atoms with van der Waals surface area (Å²) in [4.78, 5) is 2.26. The van der Waals surface area contributed by atoms with Gasteiger partial charge in [0.15, 0.2) is 0 Å². The second-order valence-electron chi connectivity index (χ2n) is 5.07. The summed E-state index contributed by atoms with van der Waals surface area (Å²) in [6.07, 6.45) is 2.42. The average Bonchev–Trinajstić information content (AvgIpc) is 2.39. The number of hydrogen-bond donors (Lipinski definition) is 0. The Kier molecular flexibility index (Phi) is 4.22. The molecule has 1 fully saturated rings. The minimum absolute atomic E-state index is 0.625. The second kappa shape index (κ2) is 5.88. The summed E-state index contributed by atoms with van der Waals surface area (Å²) in [5.41, 5.74) is 2.98. The quantitative estimate of drug-likeness (QED) is 0.820. The van der Waals surface area contributed by atoms with E-state index in [2.05, 4.69) is 24.1 Å². The van der Waals surface area contributed by atoms with Crippen molar-refractivity contribution in [1.82, 2.24) is 0 Å². The van der Waals surface area contributed by atoms with Crippen molar-refractivity contribution >= 4 is 5.69 Å². The molecule has 1 aromatic carbocycles. The predicted octanol–water partition coefficient (Wildman–Crippen LogP) is 2.73. The summed E-state index contributed by atoms with van der Waals surface area (Å²) < 4.78 is 5.51. The SMILES string of the molecule is Cc1cc(N(C)CC2CCCOC2)ccc1C#N. The van der Waals surface area contributed by atoms with Gasteiger partial charge >= 0.3 is 0 Å². The van der Waals surface area contributed by atoms with Gasteiger partial charge < -0.3 is 9.64 Å². The van der Waals surface area contributed by atoms with Crippen molar-refractivity contribution in [3.8, 4) is 6.07 Å². The van der Waals surface area contributed by atoms with Crippen LogP contribution in [0.3, 0.4) is 0 Å². The zero-order valence-corrected chi connectivity index (χ0v) is 11.1. The van der Waals surface area contributed by atoms with Crippen molar-refractivity contribution in [1.29, 1.82) is 5.26 Å². The Bertz CT molecular complexity index is 444. The number of ether oxygens (including phenoxy) is 1. The first-order chi connectivity index (χ1) is 8.70. The Morgan fingerprint density at radius 1 is 1.50 bits per heavy atom. The highest BCUT2D eigenvalue weighted by atomic mass is 16.5. The lowest BCUT2D eigenvalue weighted by molar-refractivity contribution is 0.0576. The highest BCUT2D eigenvalue weighted by Crippen LogP contribution is 2.21. The third-order valence-electron chi connectivity index (χ3n) is 3.56. The van der Waals surface area contributed by atoms with Gasteiger partial charge in [-0.1, -0.05) is 0 Å². The number of nitriles is 1. The van der Waals surface area contributed by atoms with Gasteiger partial charge in [0.2, 0.25) is 0 Å². The Balaban J connectivity index is 2.02. The third-order valence-corrected chi connectivity index (χ3v) is 3.56. The van der Waals surface area contributed by atoms with E-state index in [0.29, 0.717) is 5.92 Å². The maximum Gasteiger partial charge on any atom is 0.0994 e. The van der Waals surface area contributed by atoms with Gasteiger partial charge in [0.1, 0.15) is 0 Å². The van der Waals surface area contributed by atoms with E-state index in [-0.39, 0.29) is 0 Å². The van der Waals surface area contributed by atoms with Crippen LogP contribution < -0.4 is 4.90 Å². The molecule has 0 N–H and O–H groups in total. The third kappa shape index (κ3) is 3.02. The molecule has 3 heteroatoms. The standard InChI is InChI=1S/C15H20N2O/c1-12-8-15(6-5-14(12)9-16)17(2)10-13-4-3-7-18-11-13/h5-6,8,13H,3-4,7,10-11H2,1-2H3. The molecule has 18 heavy (non-hydrogen) atoms. The van der Waals surface area contributed by atoms with Crippen LogP contribution in [-0.4, -0.2) is 26.8 Å². The second-order valence-corrected chi connectivity index (χ2v) is 5.07. The topological polar surface area (TPSA) is 36.3 Å². The van der Waals surface area contributed by atoms with Gasteiger partial charge in [0.05, 0.1) is 18.2 Å². The van der Waals surface area contributed by atoms with Crippen LogP contribution in [-0.2, 0) is 4.74 Å². The van der Waals surface area contributed by atoms with Gasteiger partial charge in [-0.2, -0.15) is 5.26 Å². The van der Waals surface area contributed by atoms with Gasteiger partial charge in [-0.15, -0.1) is 0 Å². The summed E-state index contributed by atoms with van der Waals surface area (Å²) in [7, 11) is 2.11. The first-order valence-electron chi connectivity index (χ1n) is 6.50. The van der Waals surface area contributed by atoms with E-state index in [1.807, 2.05) is 19.1 Å². The van der Waals surface area contributed by atoms with Crippen molar-refractivity contribution < 1.29 is 4.74 Å². The van der Waals surface area contributed by atoms with Crippen LogP contribution in [0, 0.1) is 24.2 Å². The largest absolute Gasteiger partial charge is 0.381 e. The average molecular weight is 244 g/mol. The van der Waals surface area contributed by atoms with E-state index in [1.54, 1.807) is 0 Å². The van der Waals surface area contributed by atoms with Crippen molar-refractivity contribution in [2.24, 2.45) is 5.92 Å². The van der Waals surface area contributed by atoms with E-state index >= 15 is 0 Å². The summed E-state index contributed by atoms with van der Waals surface area (Å²) >= 11 is 0. The zero-order chi connectivity index (χ0) is 13.0. The van der Waals surface area contributed by atoms with E-state index in [0.717, 1.165) is 30.9 Å². The molecule has 1 aromatic rings. The highest BCUT2D eigenvalue weighted by molar-refractivity contribution is 5.53. The molecular formula is C15H20N2O. The normalized spacial score (nSPS) is 19.3. The lowest BCUT2D eigenvalue weighted by Gasteiger charge is -2.28. The molecule has 0 saturated carbocycles. The number of rotatable bonds is 3. The van der Waals surface area contributed by atoms with E-state index in [9.17, 15) is 0 Å². The molecule has 0 amide bonds. The van der Waals surface area contributed by atoms with Crippen molar-refractivity contribution in [2.75, 3.05) is 31.7 Å². The van der Waals surface area contributed by atoms with Crippen LogP contribution in [0.1, 0.15) is 24.0 Å². The summed E-state index contributed by atoms with van der Waals surface area (Å²) in [5, 5.41) is 8.93. The minimum Gasteiger partial charge on any atom is -0.381 e. The van der Waals surface area contributed by atoms with Gasteiger partial charge in [0.25, 0.3) is 0 Å². The van der Waals surface area contributed by atoms with Crippen LogP contribution in [0.5, 0.6) is 0 Å². The van der Waals surface area contributed by atoms with Crippen molar-refractivity contribution in [2.45, 2.75) is 19.8 Å². The first-order valence-corrected chi connectivity index (χ1v) is 6.50. The summed E-state index contributed by atoms with van der Waals surface area (Å²) in [5.74, 6) is 0.625. The molecule has 0 aromatic heterocycles. The minimum atomic E-state index is 0.625. The fourth-order valence-corrected chi connectivity index (χ4v) is 2.45. The van der Waals surface area contributed by atoms with E-state index < -0.39 is 0 Å². The lowest BCUT2D eigenvalue weighted by atomic mass is 10.0. The molecular weight excluding hydrogens is 224 g/mol. The molecule has 0 radical (unpaired) electrons. The number of hydrogen-bond acceptors (Lipinski definition) is 3. The number of anilines is 1. The van der Waals surface area contributed by atoms with Crippen LogP contribution in [0.25, 0.3) is 0 Å². The van der Waals surface area contributed by atoms with Crippen molar-refractivity contribution in [3.63, 3.8) is 0 Å². The van der Waals surface area contributed by atoms with Gasteiger partial charge in [-0.25, -0.2) is 0 Å². The molecule has 1 aliphatic rings. The van der Waals surface area contributed by atoms with Crippen LogP contribution in [0.15, 0.2) is 18.2 Å². The Hall–Kier alpha value is -1.53. The first kappa shape index (κ1) is 12.9. The maximum atomic E-state index is 8.93. The van der Waals surface area contributed by atoms with Crippen LogP contribution in [0.2, 0.25) is 0 Å². The van der Waals surface area contributed by atoms with Crippen LogP contribution in [0.4, 0.5) is 5.69 Å². The molecule has 1 atom stereocenters. The molecule has 0 spiro atoms. The molecule has 0 bridgehead atoms. The van der Waals surface area contributed by atoms with E-state index in [1.165, 1.54) is 18.5 Å². The number of benzene rings is 1. The van der Waals surface area contributed by atoms with Crippen molar-refractivity contribution in [3.05, 3.63) is 29.3 Å². The molecule has 96 valence electrons. The van der Waals surface area contributed by atoms with Gasteiger partial charge in [0, 0.05) is 25.9 Å². The maximum absolute atomic E-state index is 8.93. The molecule has 1 aliphatic heterocycles. The monoisotopic (exact) mass is 244 g/mol. The van der Waals surface area contributed by atoms with Gasteiger partial charge in [-0.3, -0.25) is 0 Å². The van der Waals surface area contributed by atoms with E-state index in [4.69, 9.17) is 10.00 Å². The smallest absolute Gasteiger partial charge is 0.0994 e. The molecule has 3 nitrogen and oxygen atoms in total.